The van der Waals surface area contributed by atoms with Crippen LogP contribution in [0.15, 0.2) is 59.6 Å². The summed E-state index contributed by atoms with van der Waals surface area (Å²) in [7, 11) is 0. The molecule has 0 amide bonds. The molecule has 130 valence electrons. The molecule has 3 aromatic rings. The minimum absolute atomic E-state index is 0.243. The second-order valence-electron chi connectivity index (χ2n) is 5.64. The molecule has 0 aliphatic rings. The van der Waals surface area contributed by atoms with Crippen LogP contribution in [0.5, 0.6) is 0 Å². The highest BCUT2D eigenvalue weighted by atomic mass is 79.9. The summed E-state index contributed by atoms with van der Waals surface area (Å²) in [6.07, 6.45) is -2.80. The zero-order valence-electron chi connectivity index (χ0n) is 13.3. The summed E-state index contributed by atoms with van der Waals surface area (Å²) in [6.45, 7) is 2.07. The Hall–Kier alpha value is -1.53. The second-order valence-corrected chi connectivity index (χ2v) is 8.03. The van der Waals surface area contributed by atoms with E-state index in [9.17, 15) is 13.2 Å². The lowest BCUT2D eigenvalue weighted by Gasteiger charge is -2.13. The van der Waals surface area contributed by atoms with Crippen molar-refractivity contribution in [2.75, 3.05) is 0 Å². The highest BCUT2D eigenvalue weighted by Crippen LogP contribution is 2.35. The summed E-state index contributed by atoms with van der Waals surface area (Å²) >= 11 is 5.21. The standard InChI is InChI=1S/C19H15BrF3NS/c1-12(20)15-5-3-2-4-13(15)11-25-18-8-9-24-17-10-14(19(21,22)23)6-7-16(17)18/h2-10,12H,11H2,1H3. The number of aromatic nitrogens is 1. The van der Waals surface area contributed by atoms with Gasteiger partial charge in [-0.2, -0.15) is 13.2 Å². The molecule has 1 atom stereocenters. The highest BCUT2D eigenvalue weighted by molar-refractivity contribution is 9.09. The maximum Gasteiger partial charge on any atom is 0.416 e. The van der Waals surface area contributed by atoms with Crippen LogP contribution in [-0.4, -0.2) is 4.98 Å². The van der Waals surface area contributed by atoms with Gasteiger partial charge in [0.15, 0.2) is 0 Å². The molecule has 1 heterocycles. The molecule has 0 saturated heterocycles. The van der Waals surface area contributed by atoms with Crippen LogP contribution in [0.4, 0.5) is 13.2 Å². The van der Waals surface area contributed by atoms with E-state index < -0.39 is 11.7 Å². The van der Waals surface area contributed by atoms with Crippen molar-refractivity contribution in [2.45, 2.75) is 28.6 Å². The molecular weight excluding hydrogens is 411 g/mol. The lowest BCUT2D eigenvalue weighted by molar-refractivity contribution is -0.137. The van der Waals surface area contributed by atoms with Crippen molar-refractivity contribution in [1.82, 2.24) is 4.98 Å². The molecule has 1 aromatic heterocycles. The quantitative estimate of drug-likeness (QED) is 0.329. The van der Waals surface area contributed by atoms with Gasteiger partial charge in [0.05, 0.1) is 11.1 Å². The Morgan fingerprint density at radius 1 is 1.12 bits per heavy atom. The second kappa shape index (κ2) is 7.38. The Balaban J connectivity index is 1.90. The molecule has 0 fully saturated rings. The van der Waals surface area contributed by atoms with E-state index in [0.717, 1.165) is 28.2 Å². The van der Waals surface area contributed by atoms with E-state index in [1.807, 2.05) is 18.2 Å². The summed E-state index contributed by atoms with van der Waals surface area (Å²) in [5.41, 5.74) is 2.11. The monoisotopic (exact) mass is 425 g/mol. The summed E-state index contributed by atoms with van der Waals surface area (Å²) < 4.78 is 38.6. The Kier molecular flexibility index (Phi) is 5.39. The van der Waals surface area contributed by atoms with Crippen molar-refractivity contribution in [3.63, 3.8) is 0 Å². The zero-order valence-corrected chi connectivity index (χ0v) is 15.8. The van der Waals surface area contributed by atoms with Crippen LogP contribution in [0.1, 0.15) is 28.4 Å². The summed E-state index contributed by atoms with van der Waals surface area (Å²) in [4.78, 5) is 5.27. The molecule has 0 N–H and O–H groups in total. The van der Waals surface area contributed by atoms with Crippen molar-refractivity contribution in [3.8, 4) is 0 Å². The first-order valence-corrected chi connectivity index (χ1v) is 9.57. The lowest BCUT2D eigenvalue weighted by atomic mass is 10.1. The number of rotatable bonds is 4. The van der Waals surface area contributed by atoms with Gasteiger partial charge in [0.2, 0.25) is 0 Å². The predicted molar refractivity (Wildman–Crippen MR) is 100 cm³/mol. The van der Waals surface area contributed by atoms with E-state index in [2.05, 4.69) is 40.0 Å². The third-order valence-electron chi connectivity index (χ3n) is 3.90. The zero-order chi connectivity index (χ0) is 18.0. The number of benzene rings is 2. The normalized spacial score (nSPS) is 13.2. The fourth-order valence-electron chi connectivity index (χ4n) is 2.63. The van der Waals surface area contributed by atoms with Crippen LogP contribution in [0.2, 0.25) is 0 Å². The van der Waals surface area contributed by atoms with Gasteiger partial charge in [-0.25, -0.2) is 0 Å². The highest BCUT2D eigenvalue weighted by Gasteiger charge is 2.30. The van der Waals surface area contributed by atoms with Crippen LogP contribution in [0, 0.1) is 0 Å². The average Bonchev–Trinajstić information content (AvgIpc) is 2.58. The Bertz CT molecular complexity index is 893. The van der Waals surface area contributed by atoms with E-state index in [1.54, 1.807) is 18.0 Å². The molecule has 2 aromatic carbocycles. The molecule has 0 aliphatic carbocycles. The SMILES string of the molecule is CC(Br)c1ccccc1CSc1ccnc2cc(C(F)(F)F)ccc12. The van der Waals surface area contributed by atoms with Crippen molar-refractivity contribution >= 4 is 38.6 Å². The number of hydrogen-bond acceptors (Lipinski definition) is 2. The smallest absolute Gasteiger partial charge is 0.256 e. The van der Waals surface area contributed by atoms with Crippen molar-refractivity contribution < 1.29 is 13.2 Å². The molecule has 25 heavy (non-hydrogen) atoms. The van der Waals surface area contributed by atoms with Gasteiger partial charge in [-0.3, -0.25) is 4.98 Å². The topological polar surface area (TPSA) is 12.9 Å². The number of thioether (sulfide) groups is 1. The number of pyridine rings is 1. The van der Waals surface area contributed by atoms with Crippen LogP contribution in [0.3, 0.4) is 0 Å². The van der Waals surface area contributed by atoms with Crippen LogP contribution < -0.4 is 0 Å². The van der Waals surface area contributed by atoms with Crippen LogP contribution in [0.25, 0.3) is 10.9 Å². The Morgan fingerprint density at radius 2 is 1.88 bits per heavy atom. The van der Waals surface area contributed by atoms with Gasteiger partial charge in [-0.1, -0.05) is 46.3 Å². The molecule has 0 saturated carbocycles. The van der Waals surface area contributed by atoms with E-state index in [4.69, 9.17) is 0 Å². The molecule has 1 unspecified atom stereocenters. The largest absolute Gasteiger partial charge is 0.416 e. The first-order valence-electron chi connectivity index (χ1n) is 7.67. The van der Waals surface area contributed by atoms with Crippen molar-refractivity contribution in [1.29, 1.82) is 0 Å². The molecule has 0 aliphatic heterocycles. The van der Waals surface area contributed by atoms with E-state index >= 15 is 0 Å². The molecule has 6 heteroatoms. The summed E-state index contributed by atoms with van der Waals surface area (Å²) in [5.74, 6) is 0.742. The summed E-state index contributed by atoms with van der Waals surface area (Å²) in [5, 5.41) is 0.741. The van der Waals surface area contributed by atoms with Gasteiger partial charge in [0, 0.05) is 27.1 Å². The molecular formula is C19H15BrF3NS. The van der Waals surface area contributed by atoms with Gasteiger partial charge in [-0.15, -0.1) is 11.8 Å². The molecule has 0 radical (unpaired) electrons. The molecule has 1 nitrogen and oxygen atoms in total. The third-order valence-corrected chi connectivity index (χ3v) is 5.51. The van der Waals surface area contributed by atoms with Crippen molar-refractivity contribution in [2.24, 2.45) is 0 Å². The molecule has 3 rings (SSSR count). The molecule has 0 bridgehead atoms. The number of nitrogens with zero attached hydrogens (tertiary/aromatic N) is 1. The van der Waals surface area contributed by atoms with E-state index in [0.29, 0.717) is 5.52 Å². The minimum atomic E-state index is -4.36. The van der Waals surface area contributed by atoms with Gasteiger partial charge in [-0.05, 0) is 36.2 Å². The van der Waals surface area contributed by atoms with E-state index in [-0.39, 0.29) is 4.83 Å². The number of alkyl halides is 4. The maximum absolute atomic E-state index is 12.9. The Morgan fingerprint density at radius 3 is 2.60 bits per heavy atom. The first kappa shape index (κ1) is 18.3. The van der Waals surface area contributed by atoms with Gasteiger partial charge in [0.1, 0.15) is 0 Å². The number of halogens is 4. The van der Waals surface area contributed by atoms with Crippen LogP contribution >= 0.6 is 27.7 Å². The predicted octanol–water partition coefficient (Wildman–Crippen LogP) is 7.00. The van der Waals surface area contributed by atoms with Crippen LogP contribution in [-0.2, 0) is 11.9 Å². The van der Waals surface area contributed by atoms with E-state index in [1.165, 1.54) is 17.2 Å². The van der Waals surface area contributed by atoms with Gasteiger partial charge >= 0.3 is 6.18 Å². The fraction of sp³-hybridized carbons (Fsp3) is 0.211. The average molecular weight is 426 g/mol. The van der Waals surface area contributed by atoms with Gasteiger partial charge < -0.3 is 0 Å². The number of hydrogen-bond donors (Lipinski definition) is 0. The molecule has 0 spiro atoms. The lowest BCUT2D eigenvalue weighted by Crippen LogP contribution is -2.04. The van der Waals surface area contributed by atoms with Gasteiger partial charge in [0.25, 0.3) is 0 Å². The Labute approximate surface area is 156 Å². The van der Waals surface area contributed by atoms with Crippen molar-refractivity contribution in [3.05, 3.63) is 71.4 Å². The first-order chi connectivity index (χ1) is 11.9. The number of fused-ring (bicyclic) bond motifs is 1. The fourth-order valence-corrected chi connectivity index (χ4v) is 4.14. The summed E-state index contributed by atoms with van der Waals surface area (Å²) in [6, 6.07) is 13.7. The third kappa shape index (κ3) is 4.18. The maximum atomic E-state index is 12.9. The minimum Gasteiger partial charge on any atom is -0.256 e.